The molecule has 1 aliphatic rings. The van der Waals surface area contributed by atoms with Crippen LogP contribution in [0.15, 0.2) is 60.7 Å². The van der Waals surface area contributed by atoms with Gasteiger partial charge in [0.25, 0.3) is 0 Å². The molecule has 21 heavy (non-hydrogen) atoms. The standard InChI is InChI=1S/C20H25N/c1-16-12-13-19(21-15-14-16)20(17-8-4-2-5-9-17)18-10-6-3-7-11-18/h2-11,16,19-21H,12-15H2,1H3. The van der Waals surface area contributed by atoms with Crippen LogP contribution in [0.1, 0.15) is 43.2 Å². The van der Waals surface area contributed by atoms with Gasteiger partial charge < -0.3 is 5.32 Å². The largest absolute Gasteiger partial charge is 0.313 e. The molecule has 2 aromatic rings. The molecule has 0 saturated carbocycles. The van der Waals surface area contributed by atoms with E-state index >= 15 is 0 Å². The Morgan fingerprint density at radius 3 is 1.95 bits per heavy atom. The van der Waals surface area contributed by atoms with Crippen LogP contribution in [0.2, 0.25) is 0 Å². The van der Waals surface area contributed by atoms with Crippen molar-refractivity contribution in [2.24, 2.45) is 5.92 Å². The van der Waals surface area contributed by atoms with Gasteiger partial charge in [-0.3, -0.25) is 0 Å². The van der Waals surface area contributed by atoms with Gasteiger partial charge in [0.1, 0.15) is 0 Å². The fraction of sp³-hybridized carbons (Fsp3) is 0.400. The van der Waals surface area contributed by atoms with Gasteiger partial charge in [-0.1, -0.05) is 67.6 Å². The van der Waals surface area contributed by atoms with Crippen molar-refractivity contribution in [2.75, 3.05) is 6.54 Å². The average Bonchev–Trinajstić information content (AvgIpc) is 2.75. The molecule has 1 fully saturated rings. The van der Waals surface area contributed by atoms with Gasteiger partial charge >= 0.3 is 0 Å². The lowest BCUT2D eigenvalue weighted by molar-refractivity contribution is 0.454. The summed E-state index contributed by atoms with van der Waals surface area (Å²) in [6, 6.07) is 22.5. The van der Waals surface area contributed by atoms with Crippen LogP contribution in [0.25, 0.3) is 0 Å². The Bertz CT molecular complexity index is 495. The maximum atomic E-state index is 3.81. The second-order valence-corrected chi connectivity index (χ2v) is 6.33. The number of nitrogens with one attached hydrogen (secondary N) is 1. The lowest BCUT2D eigenvalue weighted by Crippen LogP contribution is -2.34. The lowest BCUT2D eigenvalue weighted by Gasteiger charge is -2.28. The molecule has 110 valence electrons. The van der Waals surface area contributed by atoms with Crippen LogP contribution in [0.4, 0.5) is 0 Å². The Balaban J connectivity index is 1.92. The van der Waals surface area contributed by atoms with Crippen molar-refractivity contribution in [1.82, 2.24) is 5.32 Å². The first-order valence-corrected chi connectivity index (χ1v) is 8.18. The van der Waals surface area contributed by atoms with Crippen molar-refractivity contribution < 1.29 is 0 Å². The average molecular weight is 279 g/mol. The molecule has 2 atom stereocenters. The summed E-state index contributed by atoms with van der Waals surface area (Å²) in [5.41, 5.74) is 2.85. The summed E-state index contributed by atoms with van der Waals surface area (Å²) in [5, 5.41) is 3.81. The molecular weight excluding hydrogens is 254 g/mol. The topological polar surface area (TPSA) is 12.0 Å². The third-order valence-electron chi connectivity index (χ3n) is 4.73. The van der Waals surface area contributed by atoms with Crippen LogP contribution < -0.4 is 5.32 Å². The Hall–Kier alpha value is -1.60. The predicted molar refractivity (Wildman–Crippen MR) is 89.5 cm³/mol. The summed E-state index contributed by atoms with van der Waals surface area (Å²) in [7, 11) is 0. The van der Waals surface area contributed by atoms with Crippen molar-refractivity contribution in [2.45, 2.75) is 38.1 Å². The van der Waals surface area contributed by atoms with Gasteiger partial charge in [0.05, 0.1) is 0 Å². The van der Waals surface area contributed by atoms with Gasteiger partial charge in [-0.15, -0.1) is 0 Å². The number of benzene rings is 2. The van der Waals surface area contributed by atoms with Crippen molar-refractivity contribution in [3.8, 4) is 0 Å². The molecule has 1 N–H and O–H groups in total. The van der Waals surface area contributed by atoms with E-state index in [2.05, 4.69) is 72.9 Å². The first kappa shape index (κ1) is 14.3. The second kappa shape index (κ2) is 6.91. The molecule has 2 aromatic carbocycles. The van der Waals surface area contributed by atoms with Gasteiger partial charge in [-0.2, -0.15) is 0 Å². The molecule has 3 rings (SSSR count). The van der Waals surface area contributed by atoms with Crippen molar-refractivity contribution in [3.63, 3.8) is 0 Å². The maximum absolute atomic E-state index is 3.81. The molecule has 0 aromatic heterocycles. The van der Waals surface area contributed by atoms with Crippen LogP contribution in [-0.4, -0.2) is 12.6 Å². The fourth-order valence-electron chi connectivity index (χ4n) is 3.49. The highest BCUT2D eigenvalue weighted by Crippen LogP contribution is 2.32. The summed E-state index contributed by atoms with van der Waals surface area (Å²) >= 11 is 0. The van der Waals surface area contributed by atoms with Crippen molar-refractivity contribution in [1.29, 1.82) is 0 Å². The quantitative estimate of drug-likeness (QED) is 0.866. The fourth-order valence-corrected chi connectivity index (χ4v) is 3.49. The zero-order valence-corrected chi connectivity index (χ0v) is 12.8. The molecule has 1 saturated heterocycles. The smallest absolute Gasteiger partial charge is 0.0243 e. The van der Waals surface area contributed by atoms with Crippen LogP contribution in [0.3, 0.4) is 0 Å². The Morgan fingerprint density at radius 1 is 0.810 bits per heavy atom. The second-order valence-electron chi connectivity index (χ2n) is 6.33. The summed E-state index contributed by atoms with van der Waals surface area (Å²) in [6.45, 7) is 3.52. The Labute approximate surface area is 128 Å². The van der Waals surface area contributed by atoms with E-state index < -0.39 is 0 Å². The van der Waals surface area contributed by atoms with E-state index in [4.69, 9.17) is 0 Å². The van der Waals surface area contributed by atoms with E-state index in [-0.39, 0.29) is 0 Å². The van der Waals surface area contributed by atoms with Crippen LogP contribution >= 0.6 is 0 Å². The summed E-state index contributed by atoms with van der Waals surface area (Å²) in [5.74, 6) is 1.30. The molecule has 1 aliphatic heterocycles. The zero-order valence-electron chi connectivity index (χ0n) is 12.8. The SMILES string of the molecule is CC1CCNC(C(c2ccccc2)c2ccccc2)CC1. The third-order valence-corrected chi connectivity index (χ3v) is 4.73. The lowest BCUT2D eigenvalue weighted by atomic mass is 9.83. The van der Waals surface area contributed by atoms with E-state index in [0.29, 0.717) is 12.0 Å². The molecule has 0 spiro atoms. The summed E-state index contributed by atoms with van der Waals surface area (Å²) < 4.78 is 0. The van der Waals surface area contributed by atoms with Gasteiger partial charge in [0, 0.05) is 12.0 Å². The maximum Gasteiger partial charge on any atom is 0.0243 e. The van der Waals surface area contributed by atoms with Crippen molar-refractivity contribution in [3.05, 3.63) is 71.8 Å². The summed E-state index contributed by atoms with van der Waals surface area (Å²) in [4.78, 5) is 0. The number of hydrogen-bond donors (Lipinski definition) is 1. The first-order chi connectivity index (χ1) is 10.3. The van der Waals surface area contributed by atoms with Crippen LogP contribution in [-0.2, 0) is 0 Å². The van der Waals surface area contributed by atoms with Crippen molar-refractivity contribution >= 4 is 0 Å². The van der Waals surface area contributed by atoms with Crippen LogP contribution in [0.5, 0.6) is 0 Å². The Kier molecular flexibility index (Phi) is 4.72. The van der Waals surface area contributed by atoms with Crippen LogP contribution in [0, 0.1) is 5.92 Å². The van der Waals surface area contributed by atoms with Gasteiger partial charge in [0.2, 0.25) is 0 Å². The van der Waals surface area contributed by atoms with Gasteiger partial charge in [-0.25, -0.2) is 0 Å². The highest BCUT2D eigenvalue weighted by atomic mass is 14.9. The number of rotatable bonds is 3. The highest BCUT2D eigenvalue weighted by Gasteiger charge is 2.26. The van der Waals surface area contributed by atoms with E-state index in [1.165, 1.54) is 30.4 Å². The molecule has 1 nitrogen and oxygen atoms in total. The summed E-state index contributed by atoms with van der Waals surface area (Å²) in [6.07, 6.45) is 3.89. The minimum atomic E-state index is 0.456. The van der Waals surface area contributed by atoms with Gasteiger partial charge in [0.15, 0.2) is 0 Å². The normalized spacial score (nSPS) is 23.0. The highest BCUT2D eigenvalue weighted by molar-refractivity contribution is 5.34. The first-order valence-electron chi connectivity index (χ1n) is 8.18. The third kappa shape index (κ3) is 3.54. The minimum Gasteiger partial charge on any atom is -0.313 e. The molecule has 2 unspecified atom stereocenters. The van der Waals surface area contributed by atoms with E-state index in [1.54, 1.807) is 0 Å². The monoisotopic (exact) mass is 279 g/mol. The molecule has 1 heterocycles. The minimum absolute atomic E-state index is 0.456. The van der Waals surface area contributed by atoms with Gasteiger partial charge in [-0.05, 0) is 42.9 Å². The van der Waals surface area contributed by atoms with E-state index in [0.717, 1.165) is 12.5 Å². The molecule has 0 bridgehead atoms. The zero-order chi connectivity index (χ0) is 14.5. The molecule has 0 aliphatic carbocycles. The Morgan fingerprint density at radius 2 is 1.38 bits per heavy atom. The molecule has 1 heteroatoms. The molecular formula is C20H25N. The van der Waals surface area contributed by atoms with E-state index in [1.807, 2.05) is 0 Å². The number of hydrogen-bond acceptors (Lipinski definition) is 1. The molecule has 0 amide bonds. The molecule has 0 radical (unpaired) electrons. The van der Waals surface area contributed by atoms with E-state index in [9.17, 15) is 0 Å². The predicted octanol–water partition coefficient (Wildman–Crippen LogP) is 4.60.